The molecule has 1 nitrogen and oxygen atoms in total. The van der Waals surface area contributed by atoms with Crippen LogP contribution in [0, 0.1) is 0 Å². The number of methoxy groups -OCH3 is 1. The van der Waals surface area contributed by atoms with Crippen molar-refractivity contribution < 1.29 is 4.74 Å². The first-order chi connectivity index (χ1) is 4.28. The highest BCUT2D eigenvalue weighted by molar-refractivity contribution is 8.47. The van der Waals surface area contributed by atoms with E-state index in [-0.39, 0.29) is 0 Å². The minimum Gasteiger partial charge on any atom is -0.374 e. The summed E-state index contributed by atoms with van der Waals surface area (Å²) >= 11 is 0. The van der Waals surface area contributed by atoms with Crippen LogP contribution in [0.25, 0.3) is 0 Å². The van der Waals surface area contributed by atoms with E-state index >= 15 is 0 Å². The first-order valence-electron chi connectivity index (χ1n) is 3.81. The summed E-state index contributed by atoms with van der Waals surface area (Å²) in [6.45, 7) is 2.19. The predicted molar refractivity (Wildman–Crippen MR) is 53.8 cm³/mol. The van der Waals surface area contributed by atoms with E-state index in [1.165, 1.54) is 0 Å². The van der Waals surface area contributed by atoms with E-state index < -0.39 is 9.16 Å². The zero-order chi connectivity index (χ0) is 8.44. The summed E-state index contributed by atoms with van der Waals surface area (Å²) in [5.74, 6) is 0. The molecule has 0 aliphatic carbocycles. The highest BCUT2D eigenvalue weighted by atomic mass is 32.3. The Morgan fingerprint density at radius 1 is 1.20 bits per heavy atom. The second-order valence-corrected chi connectivity index (χ2v) is 12.8. The Hall–Kier alpha value is 0.310. The molecule has 10 heavy (non-hydrogen) atoms. The van der Waals surface area contributed by atoms with Crippen LogP contribution >= 0.6 is 9.16 Å². The summed E-state index contributed by atoms with van der Waals surface area (Å²) in [4.78, 5) is 0. The normalized spacial score (nSPS) is 19.6. The summed E-state index contributed by atoms with van der Waals surface area (Å²) in [6.07, 6.45) is 10.5. The third-order valence-electron chi connectivity index (χ3n) is 1.77. The quantitative estimate of drug-likeness (QED) is 0.631. The standard InChI is InChI=1S/C8H22OS/c1-7-8(9-2)10(3,4,5)6/h8,10H,7H2,1-6H3. The van der Waals surface area contributed by atoms with Crippen LogP contribution in [0.4, 0.5) is 0 Å². The monoisotopic (exact) mass is 166 g/mol. The van der Waals surface area contributed by atoms with Gasteiger partial charge in [-0.3, -0.25) is 9.16 Å². The summed E-state index contributed by atoms with van der Waals surface area (Å²) < 4.78 is 5.42. The van der Waals surface area contributed by atoms with Gasteiger partial charge in [-0.05, 0) is 31.4 Å². The predicted octanol–water partition coefficient (Wildman–Crippen LogP) is 1.96. The molecule has 0 saturated carbocycles. The molecular weight excluding hydrogens is 144 g/mol. The molecule has 0 aromatic heterocycles. The van der Waals surface area contributed by atoms with Gasteiger partial charge in [0.1, 0.15) is 0 Å². The van der Waals surface area contributed by atoms with Gasteiger partial charge in [0, 0.05) is 7.11 Å². The van der Waals surface area contributed by atoms with Crippen molar-refractivity contribution in [2.45, 2.75) is 18.8 Å². The van der Waals surface area contributed by atoms with Crippen molar-refractivity contribution in [2.24, 2.45) is 0 Å². The molecule has 1 unspecified atom stereocenters. The third-order valence-corrected chi connectivity index (χ3v) is 4.65. The Labute approximate surface area is 65.4 Å². The fourth-order valence-corrected chi connectivity index (χ4v) is 3.62. The molecule has 0 radical (unpaired) electrons. The Balaban J connectivity index is 4.28. The van der Waals surface area contributed by atoms with Crippen LogP contribution in [-0.2, 0) is 4.74 Å². The molecule has 0 bridgehead atoms. The fourth-order valence-electron chi connectivity index (χ4n) is 1.32. The maximum Gasteiger partial charge on any atom is 0.0738 e. The molecular formula is C8H22OS. The molecule has 0 aromatic carbocycles. The first kappa shape index (κ1) is 10.3. The molecule has 0 aromatic rings. The molecule has 66 valence electrons. The van der Waals surface area contributed by atoms with Crippen LogP contribution in [0.15, 0.2) is 0 Å². The van der Waals surface area contributed by atoms with Gasteiger partial charge in [0.05, 0.1) is 5.44 Å². The molecule has 0 spiro atoms. The average Bonchev–Trinajstić information content (AvgIpc) is 1.62. The second kappa shape index (κ2) is 2.74. The van der Waals surface area contributed by atoms with Crippen molar-refractivity contribution in [1.82, 2.24) is 0 Å². The number of thiol groups is 1. The van der Waals surface area contributed by atoms with E-state index in [9.17, 15) is 0 Å². The summed E-state index contributed by atoms with van der Waals surface area (Å²) in [5.41, 5.74) is 0.478. The summed E-state index contributed by atoms with van der Waals surface area (Å²) in [6, 6.07) is 0. The molecule has 0 saturated heterocycles. The molecule has 0 heterocycles. The molecule has 1 atom stereocenters. The van der Waals surface area contributed by atoms with E-state index in [0.29, 0.717) is 5.44 Å². The van der Waals surface area contributed by atoms with Gasteiger partial charge in [0.15, 0.2) is 0 Å². The van der Waals surface area contributed by atoms with Gasteiger partial charge in [-0.1, -0.05) is 6.92 Å². The van der Waals surface area contributed by atoms with Gasteiger partial charge in [-0.25, -0.2) is 0 Å². The lowest BCUT2D eigenvalue weighted by atomic mass is 10.5. The van der Waals surface area contributed by atoms with Crippen LogP contribution < -0.4 is 0 Å². The summed E-state index contributed by atoms with van der Waals surface area (Å²) in [7, 11) is 0.350. The zero-order valence-corrected chi connectivity index (χ0v) is 9.03. The van der Waals surface area contributed by atoms with E-state index in [4.69, 9.17) is 4.74 Å². The van der Waals surface area contributed by atoms with Crippen molar-refractivity contribution in [3.8, 4) is 0 Å². The van der Waals surface area contributed by atoms with Crippen LogP contribution in [0.1, 0.15) is 13.3 Å². The Morgan fingerprint density at radius 3 is 1.60 bits per heavy atom. The van der Waals surface area contributed by atoms with E-state index in [2.05, 4.69) is 31.9 Å². The van der Waals surface area contributed by atoms with E-state index in [0.717, 1.165) is 6.42 Å². The van der Waals surface area contributed by atoms with E-state index in [1.54, 1.807) is 0 Å². The van der Waals surface area contributed by atoms with Crippen LogP contribution in [0.5, 0.6) is 0 Å². The highest BCUT2D eigenvalue weighted by Gasteiger charge is 2.28. The molecule has 0 aliphatic rings. The molecule has 2 heteroatoms. The van der Waals surface area contributed by atoms with Crippen LogP contribution in [0.2, 0.25) is 0 Å². The number of hydrogen-bond acceptors (Lipinski definition) is 1. The smallest absolute Gasteiger partial charge is 0.0738 e. The van der Waals surface area contributed by atoms with Crippen molar-refractivity contribution in [1.29, 1.82) is 0 Å². The van der Waals surface area contributed by atoms with Crippen LogP contribution in [0.3, 0.4) is 0 Å². The van der Waals surface area contributed by atoms with Gasteiger partial charge >= 0.3 is 0 Å². The lowest BCUT2D eigenvalue weighted by molar-refractivity contribution is 0.165. The van der Waals surface area contributed by atoms with E-state index in [1.807, 2.05) is 7.11 Å². The van der Waals surface area contributed by atoms with Crippen molar-refractivity contribution in [3.63, 3.8) is 0 Å². The number of hydrogen-bond donors (Lipinski definition) is 1. The lowest BCUT2D eigenvalue weighted by Gasteiger charge is -2.52. The Kier molecular flexibility index (Phi) is 2.83. The van der Waals surface area contributed by atoms with Gasteiger partial charge in [-0.2, -0.15) is 0 Å². The van der Waals surface area contributed by atoms with Crippen LogP contribution in [-0.4, -0.2) is 37.6 Å². The van der Waals surface area contributed by atoms with Gasteiger partial charge in [-0.15, -0.1) is 0 Å². The van der Waals surface area contributed by atoms with Gasteiger partial charge in [0.2, 0.25) is 0 Å². The van der Waals surface area contributed by atoms with Gasteiger partial charge < -0.3 is 4.74 Å². The minimum absolute atomic E-state index is 0.478. The zero-order valence-electron chi connectivity index (χ0n) is 8.14. The Morgan fingerprint density at radius 2 is 1.60 bits per heavy atom. The van der Waals surface area contributed by atoms with Crippen molar-refractivity contribution in [3.05, 3.63) is 0 Å². The average molecular weight is 166 g/mol. The third kappa shape index (κ3) is 2.93. The summed E-state index contributed by atoms with van der Waals surface area (Å²) in [5, 5.41) is 0. The maximum absolute atomic E-state index is 5.42. The SMILES string of the molecule is CCC(OC)[SH](C)(C)(C)C. The Bertz CT molecular complexity index is 98.9. The van der Waals surface area contributed by atoms with Crippen molar-refractivity contribution >= 4 is 9.16 Å². The van der Waals surface area contributed by atoms with Crippen molar-refractivity contribution in [2.75, 3.05) is 32.1 Å². The lowest BCUT2D eigenvalue weighted by Crippen LogP contribution is -2.28. The fraction of sp³-hybridized carbons (Fsp3) is 1.00. The topological polar surface area (TPSA) is 9.23 Å². The second-order valence-electron chi connectivity index (χ2n) is 4.81. The van der Waals surface area contributed by atoms with Gasteiger partial charge in [0.25, 0.3) is 0 Å². The number of ether oxygens (including phenoxy) is 1. The first-order valence-corrected chi connectivity index (χ1v) is 7.90. The largest absolute Gasteiger partial charge is 0.374 e. The molecule has 0 fully saturated rings. The molecule has 0 rings (SSSR count). The molecule has 0 N–H and O–H groups in total. The molecule has 0 amide bonds. The minimum atomic E-state index is -1.47. The maximum atomic E-state index is 5.42. The highest BCUT2D eigenvalue weighted by Crippen LogP contribution is 2.61. The number of rotatable bonds is 3. The molecule has 0 aliphatic heterocycles.